The van der Waals surface area contributed by atoms with E-state index in [0.717, 1.165) is 0 Å². The first kappa shape index (κ1) is 13.8. The van der Waals surface area contributed by atoms with Crippen molar-refractivity contribution in [2.45, 2.75) is 45.3 Å². The van der Waals surface area contributed by atoms with Gasteiger partial charge in [-0.3, -0.25) is 0 Å². The summed E-state index contributed by atoms with van der Waals surface area (Å²) in [6.07, 6.45) is 4.72. The van der Waals surface area contributed by atoms with Gasteiger partial charge in [0, 0.05) is 13.0 Å². The monoisotopic (exact) mass is 213 g/mol. The smallest absolute Gasteiger partial charge is 0.407 e. The van der Waals surface area contributed by atoms with E-state index in [9.17, 15) is 9.90 Å². The normalized spacial score (nSPS) is 12.7. The second-order valence-electron chi connectivity index (χ2n) is 4.28. The van der Waals surface area contributed by atoms with Gasteiger partial charge in [-0.05, 0) is 27.2 Å². The van der Waals surface area contributed by atoms with Gasteiger partial charge in [-0.1, -0.05) is 0 Å². The Kier molecular flexibility index (Phi) is 5.80. The molecule has 0 aliphatic rings. The van der Waals surface area contributed by atoms with E-state index < -0.39 is 17.8 Å². The maximum Gasteiger partial charge on any atom is 0.407 e. The first-order valence-electron chi connectivity index (χ1n) is 4.93. The number of nitrogens with one attached hydrogen (secondary N) is 1. The molecule has 2 N–H and O–H groups in total. The lowest BCUT2D eigenvalue weighted by molar-refractivity contribution is 0.0519. The van der Waals surface area contributed by atoms with Crippen LogP contribution < -0.4 is 5.32 Å². The molecule has 0 spiro atoms. The third-order valence-electron chi connectivity index (χ3n) is 1.50. The third kappa shape index (κ3) is 9.10. The highest BCUT2D eigenvalue weighted by atomic mass is 16.6. The summed E-state index contributed by atoms with van der Waals surface area (Å²) in [7, 11) is 0. The van der Waals surface area contributed by atoms with Crippen LogP contribution in [0.25, 0.3) is 0 Å². The number of alkyl carbamates (subject to hydrolysis) is 1. The zero-order valence-corrected chi connectivity index (χ0v) is 9.54. The van der Waals surface area contributed by atoms with Crippen molar-refractivity contribution in [3.63, 3.8) is 0 Å². The molecule has 1 unspecified atom stereocenters. The van der Waals surface area contributed by atoms with Crippen molar-refractivity contribution in [2.24, 2.45) is 0 Å². The lowest BCUT2D eigenvalue weighted by Gasteiger charge is -2.19. The second kappa shape index (κ2) is 6.31. The largest absolute Gasteiger partial charge is 0.444 e. The van der Waals surface area contributed by atoms with Gasteiger partial charge >= 0.3 is 6.09 Å². The van der Waals surface area contributed by atoms with Crippen molar-refractivity contribution in [3.8, 4) is 12.3 Å². The molecular formula is C11H19NO3. The Labute approximate surface area is 91.0 Å². The number of hydrogen-bond acceptors (Lipinski definition) is 3. The molecule has 0 aliphatic carbocycles. The van der Waals surface area contributed by atoms with Crippen molar-refractivity contribution in [1.29, 1.82) is 0 Å². The second-order valence-corrected chi connectivity index (χ2v) is 4.28. The number of terminal acetylenes is 1. The molecule has 0 saturated heterocycles. The molecule has 0 aromatic rings. The highest BCUT2D eigenvalue weighted by molar-refractivity contribution is 5.67. The maximum atomic E-state index is 11.1. The van der Waals surface area contributed by atoms with Gasteiger partial charge in [0.15, 0.2) is 0 Å². The van der Waals surface area contributed by atoms with Crippen LogP contribution >= 0.6 is 0 Å². The van der Waals surface area contributed by atoms with Gasteiger partial charge < -0.3 is 15.2 Å². The Bertz CT molecular complexity index is 237. The number of amides is 1. The van der Waals surface area contributed by atoms with E-state index in [-0.39, 0.29) is 0 Å². The Balaban J connectivity index is 3.61. The van der Waals surface area contributed by atoms with E-state index >= 15 is 0 Å². The lowest BCUT2D eigenvalue weighted by atomic mass is 10.2. The maximum absolute atomic E-state index is 11.1. The third-order valence-corrected chi connectivity index (χ3v) is 1.50. The van der Waals surface area contributed by atoms with Gasteiger partial charge in [0.2, 0.25) is 0 Å². The first-order chi connectivity index (χ1) is 6.85. The first-order valence-corrected chi connectivity index (χ1v) is 4.93. The minimum atomic E-state index is -0.565. The fraction of sp³-hybridized carbons (Fsp3) is 0.727. The van der Waals surface area contributed by atoms with Crippen LogP contribution in [0.2, 0.25) is 0 Å². The van der Waals surface area contributed by atoms with Crippen LogP contribution in [0.15, 0.2) is 0 Å². The number of aliphatic hydroxyl groups is 1. The van der Waals surface area contributed by atoms with Crippen molar-refractivity contribution in [2.75, 3.05) is 6.54 Å². The fourth-order valence-electron chi connectivity index (χ4n) is 0.893. The molecule has 0 radical (unpaired) electrons. The lowest BCUT2D eigenvalue weighted by Crippen LogP contribution is -2.34. The van der Waals surface area contributed by atoms with Crippen LogP contribution in [0, 0.1) is 12.3 Å². The minimum Gasteiger partial charge on any atom is -0.444 e. The number of ether oxygens (including phenoxy) is 1. The molecule has 15 heavy (non-hydrogen) atoms. The highest BCUT2D eigenvalue weighted by Crippen LogP contribution is 2.06. The highest BCUT2D eigenvalue weighted by Gasteiger charge is 2.15. The van der Waals surface area contributed by atoms with Gasteiger partial charge in [-0.25, -0.2) is 4.79 Å². The van der Waals surface area contributed by atoms with Crippen molar-refractivity contribution >= 4 is 6.09 Å². The SMILES string of the molecule is C#CCC(O)CCNC(=O)OC(C)(C)C. The van der Waals surface area contributed by atoms with Crippen molar-refractivity contribution in [3.05, 3.63) is 0 Å². The minimum absolute atomic E-state index is 0.302. The summed E-state index contributed by atoms with van der Waals surface area (Å²) in [4.78, 5) is 11.1. The summed E-state index contributed by atoms with van der Waals surface area (Å²) in [5.74, 6) is 2.35. The zero-order valence-electron chi connectivity index (χ0n) is 9.54. The molecule has 1 amide bonds. The Morgan fingerprint density at radius 3 is 2.67 bits per heavy atom. The van der Waals surface area contributed by atoms with Gasteiger partial charge in [-0.15, -0.1) is 12.3 Å². The Hall–Kier alpha value is -1.21. The number of carbonyl (C=O) groups excluding carboxylic acids is 1. The molecule has 0 aromatic carbocycles. The van der Waals surface area contributed by atoms with Crippen LogP contribution in [0.1, 0.15) is 33.6 Å². The molecule has 0 saturated carbocycles. The van der Waals surface area contributed by atoms with Crippen LogP contribution in [0.5, 0.6) is 0 Å². The van der Waals surface area contributed by atoms with Crippen LogP contribution in [0.3, 0.4) is 0 Å². The summed E-state index contributed by atoms with van der Waals surface area (Å²) in [5.41, 5.74) is -0.498. The Morgan fingerprint density at radius 1 is 1.60 bits per heavy atom. The molecular weight excluding hydrogens is 194 g/mol. The summed E-state index contributed by atoms with van der Waals surface area (Å²) < 4.78 is 5.01. The molecule has 0 aromatic heterocycles. The van der Waals surface area contributed by atoms with E-state index in [4.69, 9.17) is 11.2 Å². The predicted octanol–water partition coefficient (Wildman–Crippen LogP) is 1.29. The molecule has 4 heteroatoms. The van der Waals surface area contributed by atoms with E-state index in [1.807, 2.05) is 0 Å². The molecule has 0 fully saturated rings. The number of carbonyl (C=O) groups is 1. The molecule has 0 bridgehead atoms. The number of aliphatic hydroxyl groups excluding tert-OH is 1. The van der Waals surface area contributed by atoms with Crippen LogP contribution in [-0.4, -0.2) is 29.4 Å². The van der Waals surface area contributed by atoms with Crippen molar-refractivity contribution < 1.29 is 14.6 Å². The molecule has 0 aliphatic heterocycles. The zero-order chi connectivity index (χ0) is 11.9. The molecule has 86 valence electrons. The van der Waals surface area contributed by atoms with E-state index in [1.165, 1.54) is 0 Å². The van der Waals surface area contributed by atoms with E-state index in [0.29, 0.717) is 19.4 Å². The van der Waals surface area contributed by atoms with E-state index in [2.05, 4.69) is 11.2 Å². The van der Waals surface area contributed by atoms with Crippen LogP contribution in [0.4, 0.5) is 4.79 Å². The molecule has 1 atom stereocenters. The average Bonchev–Trinajstić information content (AvgIpc) is 2.00. The van der Waals surface area contributed by atoms with Crippen LogP contribution in [-0.2, 0) is 4.74 Å². The topological polar surface area (TPSA) is 58.6 Å². The summed E-state index contributed by atoms with van der Waals surface area (Å²) in [5, 5.41) is 11.8. The predicted molar refractivity (Wildman–Crippen MR) is 58.3 cm³/mol. The molecule has 0 heterocycles. The summed E-state index contributed by atoms with van der Waals surface area (Å²) >= 11 is 0. The van der Waals surface area contributed by atoms with Gasteiger partial charge in [0.25, 0.3) is 0 Å². The quantitative estimate of drug-likeness (QED) is 0.692. The standard InChI is InChI=1S/C11H19NO3/c1-5-6-9(13)7-8-12-10(14)15-11(2,3)4/h1,9,13H,6-8H2,2-4H3,(H,12,14). The molecule has 0 rings (SSSR count). The van der Waals surface area contributed by atoms with E-state index in [1.54, 1.807) is 20.8 Å². The van der Waals surface area contributed by atoms with Gasteiger partial charge in [0.05, 0.1) is 6.10 Å². The Morgan fingerprint density at radius 2 is 2.20 bits per heavy atom. The number of hydrogen-bond donors (Lipinski definition) is 2. The summed E-state index contributed by atoms with van der Waals surface area (Å²) in [6, 6.07) is 0. The average molecular weight is 213 g/mol. The molecule has 4 nitrogen and oxygen atoms in total. The summed E-state index contributed by atoms with van der Waals surface area (Å²) in [6.45, 7) is 5.73. The van der Waals surface area contributed by atoms with Gasteiger partial charge in [0.1, 0.15) is 5.60 Å². The number of rotatable bonds is 4. The fourth-order valence-corrected chi connectivity index (χ4v) is 0.893. The van der Waals surface area contributed by atoms with Crippen molar-refractivity contribution in [1.82, 2.24) is 5.32 Å². The van der Waals surface area contributed by atoms with Gasteiger partial charge in [-0.2, -0.15) is 0 Å².